The third-order valence-electron chi connectivity index (χ3n) is 3.55. The molecule has 0 saturated carbocycles. The maximum atomic E-state index is 12.0. The minimum Gasteiger partial charge on any atom is -0.496 e. The Kier molecular flexibility index (Phi) is 7.41. The van der Waals surface area contributed by atoms with E-state index in [9.17, 15) is 4.79 Å². The first-order valence-corrected chi connectivity index (χ1v) is 6.91. The number of amides is 1. The molecule has 0 radical (unpaired) electrons. The van der Waals surface area contributed by atoms with Crippen molar-refractivity contribution in [3.8, 4) is 5.75 Å². The Balaban J connectivity index is 0.00000200. The average molecular weight is 299 g/mol. The van der Waals surface area contributed by atoms with Crippen LogP contribution < -0.4 is 15.4 Å². The quantitative estimate of drug-likeness (QED) is 0.871. The van der Waals surface area contributed by atoms with Crippen LogP contribution in [0.15, 0.2) is 24.3 Å². The molecule has 1 aromatic rings. The predicted molar refractivity (Wildman–Crippen MR) is 82.5 cm³/mol. The van der Waals surface area contributed by atoms with Crippen LogP contribution in [0, 0.1) is 5.92 Å². The van der Waals surface area contributed by atoms with Gasteiger partial charge in [-0.25, -0.2) is 0 Å². The Hall–Kier alpha value is -1.26. The molecule has 0 aliphatic carbocycles. The number of hydrogen-bond donors (Lipinski definition) is 2. The van der Waals surface area contributed by atoms with Crippen molar-refractivity contribution in [3.63, 3.8) is 0 Å². The van der Waals surface area contributed by atoms with E-state index < -0.39 is 0 Å². The molecule has 5 heteroatoms. The highest BCUT2D eigenvalue weighted by molar-refractivity contribution is 5.85. The zero-order valence-electron chi connectivity index (χ0n) is 11.9. The topological polar surface area (TPSA) is 50.4 Å². The van der Waals surface area contributed by atoms with Gasteiger partial charge < -0.3 is 15.4 Å². The normalized spacial score (nSPS) is 17.9. The molecule has 1 aliphatic rings. The van der Waals surface area contributed by atoms with Gasteiger partial charge in [-0.3, -0.25) is 4.79 Å². The second kappa shape index (κ2) is 8.82. The fraction of sp³-hybridized carbons (Fsp3) is 0.533. The Morgan fingerprint density at radius 3 is 2.95 bits per heavy atom. The second-order valence-corrected chi connectivity index (χ2v) is 4.90. The van der Waals surface area contributed by atoms with Gasteiger partial charge in [0.1, 0.15) is 5.75 Å². The van der Waals surface area contributed by atoms with E-state index in [-0.39, 0.29) is 24.2 Å². The van der Waals surface area contributed by atoms with Crippen molar-refractivity contribution < 1.29 is 9.53 Å². The first kappa shape index (κ1) is 16.8. The molecule has 20 heavy (non-hydrogen) atoms. The number of rotatable bonds is 5. The van der Waals surface area contributed by atoms with Crippen molar-refractivity contribution in [1.82, 2.24) is 10.6 Å². The van der Waals surface area contributed by atoms with Crippen molar-refractivity contribution in [2.45, 2.75) is 19.3 Å². The van der Waals surface area contributed by atoms with E-state index in [1.807, 2.05) is 24.3 Å². The zero-order valence-corrected chi connectivity index (χ0v) is 12.7. The lowest BCUT2D eigenvalue weighted by molar-refractivity contribution is -0.125. The van der Waals surface area contributed by atoms with Crippen LogP contribution in [0.2, 0.25) is 0 Å². The summed E-state index contributed by atoms with van der Waals surface area (Å²) in [6.45, 7) is 2.50. The monoisotopic (exact) mass is 298 g/mol. The van der Waals surface area contributed by atoms with Gasteiger partial charge in [0.05, 0.1) is 13.0 Å². The molecule has 1 heterocycles. The van der Waals surface area contributed by atoms with Gasteiger partial charge >= 0.3 is 0 Å². The number of methoxy groups -OCH3 is 1. The van der Waals surface area contributed by atoms with Crippen LogP contribution in [0.4, 0.5) is 0 Å². The maximum absolute atomic E-state index is 12.0. The van der Waals surface area contributed by atoms with E-state index >= 15 is 0 Å². The summed E-state index contributed by atoms with van der Waals surface area (Å²) in [4.78, 5) is 12.0. The molecule has 1 unspecified atom stereocenters. The number of hydrogen-bond acceptors (Lipinski definition) is 3. The lowest BCUT2D eigenvalue weighted by Gasteiger charge is -2.21. The van der Waals surface area contributed by atoms with Gasteiger partial charge in [0.2, 0.25) is 5.91 Å². The summed E-state index contributed by atoms with van der Waals surface area (Å²) in [6.07, 6.45) is 2.88. The van der Waals surface area contributed by atoms with Crippen molar-refractivity contribution in [2.24, 2.45) is 5.92 Å². The molecule has 1 aromatic carbocycles. The third kappa shape index (κ3) is 4.69. The minimum absolute atomic E-state index is 0. The molecule has 1 aliphatic heterocycles. The van der Waals surface area contributed by atoms with Crippen LogP contribution in [0.25, 0.3) is 0 Å². The number of halogens is 1. The van der Waals surface area contributed by atoms with Crippen molar-refractivity contribution in [3.05, 3.63) is 29.8 Å². The molecule has 1 fully saturated rings. The molecule has 0 bridgehead atoms. The number of nitrogens with one attached hydrogen (secondary N) is 2. The summed E-state index contributed by atoms with van der Waals surface area (Å²) in [5.41, 5.74) is 1.13. The van der Waals surface area contributed by atoms with Crippen LogP contribution in [0.1, 0.15) is 18.4 Å². The van der Waals surface area contributed by atoms with Gasteiger partial charge in [-0.15, -0.1) is 12.4 Å². The number of carbonyl (C=O) groups is 1. The van der Waals surface area contributed by atoms with Crippen molar-refractivity contribution in [1.29, 1.82) is 0 Å². The number of benzene rings is 1. The van der Waals surface area contributed by atoms with E-state index in [2.05, 4.69) is 10.6 Å². The highest BCUT2D eigenvalue weighted by Gasteiger charge is 2.20. The van der Waals surface area contributed by atoms with Crippen molar-refractivity contribution in [2.75, 3.05) is 26.7 Å². The number of carbonyl (C=O) groups excluding carboxylic acids is 1. The lowest BCUT2D eigenvalue weighted by atomic mass is 9.99. The smallest absolute Gasteiger partial charge is 0.224 e. The zero-order chi connectivity index (χ0) is 13.5. The first-order valence-electron chi connectivity index (χ1n) is 6.91. The summed E-state index contributed by atoms with van der Waals surface area (Å²) in [7, 11) is 1.67. The second-order valence-electron chi connectivity index (χ2n) is 4.90. The van der Waals surface area contributed by atoms with Gasteiger partial charge in [-0.05, 0) is 37.4 Å². The predicted octanol–water partition coefficient (Wildman–Crippen LogP) is 1.78. The molecule has 0 spiro atoms. The Labute approximate surface area is 126 Å². The van der Waals surface area contributed by atoms with E-state index in [0.29, 0.717) is 6.54 Å². The van der Waals surface area contributed by atoms with Crippen molar-refractivity contribution >= 4 is 18.3 Å². The Morgan fingerprint density at radius 1 is 1.45 bits per heavy atom. The van der Waals surface area contributed by atoms with Crippen LogP contribution in [0.3, 0.4) is 0 Å². The van der Waals surface area contributed by atoms with Gasteiger partial charge in [0.15, 0.2) is 0 Å². The summed E-state index contributed by atoms with van der Waals surface area (Å²) in [5, 5.41) is 6.28. The summed E-state index contributed by atoms with van der Waals surface area (Å²) >= 11 is 0. The van der Waals surface area contributed by atoms with Crippen LogP contribution in [0.5, 0.6) is 5.75 Å². The molecule has 112 valence electrons. The van der Waals surface area contributed by atoms with Crippen LogP contribution in [-0.2, 0) is 11.2 Å². The Bertz CT molecular complexity index is 420. The van der Waals surface area contributed by atoms with E-state index in [4.69, 9.17) is 4.74 Å². The molecule has 2 N–H and O–H groups in total. The van der Waals surface area contributed by atoms with E-state index in [1.165, 1.54) is 0 Å². The van der Waals surface area contributed by atoms with Gasteiger partial charge in [-0.1, -0.05) is 18.2 Å². The molecule has 1 amide bonds. The highest BCUT2D eigenvalue weighted by Crippen LogP contribution is 2.17. The molecule has 1 atom stereocenters. The fourth-order valence-corrected chi connectivity index (χ4v) is 2.45. The number of piperidine rings is 1. The van der Waals surface area contributed by atoms with Gasteiger partial charge in [0, 0.05) is 13.1 Å². The van der Waals surface area contributed by atoms with E-state index in [0.717, 1.165) is 43.7 Å². The summed E-state index contributed by atoms with van der Waals surface area (Å²) < 4.78 is 5.30. The minimum atomic E-state index is 0. The standard InChI is InChI=1S/C15H22N2O2.ClH/c1-19-14-7-3-2-5-12(14)8-10-17-15(18)13-6-4-9-16-11-13;/h2-3,5,7,13,16H,4,6,8-11H2,1H3,(H,17,18);1H. The average Bonchev–Trinajstić information content (AvgIpc) is 2.48. The summed E-state index contributed by atoms with van der Waals surface area (Å²) in [6, 6.07) is 7.93. The molecule has 2 rings (SSSR count). The van der Waals surface area contributed by atoms with E-state index in [1.54, 1.807) is 7.11 Å². The molecule has 4 nitrogen and oxygen atoms in total. The Morgan fingerprint density at radius 2 is 2.25 bits per heavy atom. The van der Waals surface area contributed by atoms with Crippen LogP contribution >= 0.6 is 12.4 Å². The molecule has 0 aromatic heterocycles. The van der Waals surface area contributed by atoms with Crippen LogP contribution in [-0.4, -0.2) is 32.7 Å². The third-order valence-corrected chi connectivity index (χ3v) is 3.55. The first-order chi connectivity index (χ1) is 9.31. The SMILES string of the molecule is COc1ccccc1CCNC(=O)C1CCCNC1.Cl. The maximum Gasteiger partial charge on any atom is 0.224 e. The molecular formula is C15H23ClN2O2. The van der Waals surface area contributed by atoms with Gasteiger partial charge in [0.25, 0.3) is 0 Å². The van der Waals surface area contributed by atoms with Gasteiger partial charge in [-0.2, -0.15) is 0 Å². The fourth-order valence-electron chi connectivity index (χ4n) is 2.45. The lowest BCUT2D eigenvalue weighted by Crippen LogP contribution is -2.41. The number of para-hydroxylation sites is 1. The molecule has 1 saturated heterocycles. The number of ether oxygens (including phenoxy) is 1. The largest absolute Gasteiger partial charge is 0.496 e. The summed E-state index contributed by atoms with van der Waals surface area (Å²) in [5.74, 6) is 1.18. The highest BCUT2D eigenvalue weighted by atomic mass is 35.5. The molecular weight excluding hydrogens is 276 g/mol.